The van der Waals surface area contributed by atoms with Crippen LogP contribution >= 0.6 is 23.4 Å². The van der Waals surface area contributed by atoms with Gasteiger partial charge in [0.05, 0.1) is 4.90 Å². The maximum atomic E-state index is 11.6. The van der Waals surface area contributed by atoms with E-state index in [1.807, 2.05) is 18.2 Å². The molecule has 2 aromatic rings. The molecule has 20 heavy (non-hydrogen) atoms. The average Bonchev–Trinajstić information content (AvgIpc) is 2.38. The zero-order chi connectivity index (χ0) is 14.8. The number of hydrogen-bond acceptors (Lipinski definition) is 4. The Morgan fingerprint density at radius 1 is 1.15 bits per heavy atom. The lowest BCUT2D eigenvalue weighted by molar-refractivity contribution is 0.596. The summed E-state index contributed by atoms with van der Waals surface area (Å²) in [5, 5.41) is 5.85. The average molecular weight is 329 g/mol. The molecule has 0 spiro atoms. The van der Waals surface area contributed by atoms with Gasteiger partial charge in [-0.15, -0.1) is 11.8 Å². The molecule has 0 saturated carbocycles. The summed E-state index contributed by atoms with van der Waals surface area (Å²) in [7, 11) is -3.80. The summed E-state index contributed by atoms with van der Waals surface area (Å²) in [6.07, 6.45) is 0. The third-order valence-corrected chi connectivity index (χ3v) is 5.19. The predicted molar refractivity (Wildman–Crippen MR) is 83.2 cm³/mol. The second-order valence-corrected chi connectivity index (χ2v) is 7.09. The summed E-state index contributed by atoms with van der Waals surface area (Å²) in [4.78, 5) is 0.594. The number of nitrogens with two attached hydrogens (primary N) is 2. The molecular weight excluding hydrogens is 316 g/mol. The molecule has 0 atom stereocenters. The summed E-state index contributed by atoms with van der Waals surface area (Å²) < 4.78 is 23.1. The number of primary sulfonamides is 1. The maximum Gasteiger partial charge on any atom is 0.239 e. The molecule has 0 unspecified atom stereocenters. The molecule has 0 aromatic heterocycles. The molecule has 0 bridgehead atoms. The van der Waals surface area contributed by atoms with Crippen LogP contribution in [-0.2, 0) is 15.8 Å². The fourth-order valence-corrected chi connectivity index (χ4v) is 4.02. The smallest absolute Gasteiger partial charge is 0.239 e. The Kier molecular flexibility index (Phi) is 4.59. The van der Waals surface area contributed by atoms with Crippen LogP contribution in [0.15, 0.2) is 52.3 Å². The quantitative estimate of drug-likeness (QED) is 0.667. The molecule has 7 heteroatoms. The molecule has 4 nitrogen and oxygen atoms in total. The lowest BCUT2D eigenvalue weighted by atomic mass is 10.2. The van der Waals surface area contributed by atoms with Crippen molar-refractivity contribution in [1.82, 2.24) is 0 Å². The van der Waals surface area contributed by atoms with Gasteiger partial charge in [0.1, 0.15) is 0 Å². The van der Waals surface area contributed by atoms with Crippen molar-refractivity contribution in [2.45, 2.75) is 15.5 Å². The third-order valence-electron chi connectivity index (χ3n) is 2.62. The van der Waals surface area contributed by atoms with Crippen LogP contribution in [0.1, 0.15) is 5.56 Å². The number of hydrogen-bond donors (Lipinski definition) is 2. The van der Waals surface area contributed by atoms with E-state index in [9.17, 15) is 8.42 Å². The summed E-state index contributed by atoms with van der Waals surface area (Å²) in [6.45, 7) is 0. The Balaban J connectivity index is 2.29. The molecule has 4 N–H and O–H groups in total. The normalized spacial score (nSPS) is 11.5. The molecular formula is C13H13ClN2O2S2. The van der Waals surface area contributed by atoms with Crippen molar-refractivity contribution < 1.29 is 8.42 Å². The van der Waals surface area contributed by atoms with Crippen LogP contribution in [0.4, 0.5) is 5.69 Å². The van der Waals surface area contributed by atoms with Crippen LogP contribution in [0.5, 0.6) is 0 Å². The van der Waals surface area contributed by atoms with E-state index in [4.69, 9.17) is 22.5 Å². The van der Waals surface area contributed by atoms with Gasteiger partial charge in [-0.25, -0.2) is 13.6 Å². The van der Waals surface area contributed by atoms with Gasteiger partial charge in [-0.1, -0.05) is 29.8 Å². The van der Waals surface area contributed by atoms with Crippen molar-refractivity contribution in [3.8, 4) is 0 Å². The molecule has 0 saturated heterocycles. The topological polar surface area (TPSA) is 86.2 Å². The Hall–Kier alpha value is -1.21. The van der Waals surface area contributed by atoms with E-state index in [0.717, 1.165) is 5.56 Å². The van der Waals surface area contributed by atoms with Gasteiger partial charge < -0.3 is 5.73 Å². The fraction of sp³-hybridized carbons (Fsp3) is 0.0769. The molecule has 0 fully saturated rings. The number of benzene rings is 2. The predicted octanol–water partition coefficient (Wildman–Crippen LogP) is 2.86. The monoisotopic (exact) mass is 328 g/mol. The highest BCUT2D eigenvalue weighted by atomic mass is 35.5. The minimum atomic E-state index is -3.80. The molecule has 106 valence electrons. The standard InChI is InChI=1S/C13H13ClN2O2S2/c14-11-4-2-1-3-9(11)8-19-12-6-5-10(15)7-13(12)20(16,17)18/h1-7H,8,15H2,(H2,16,17,18). The van der Waals surface area contributed by atoms with E-state index >= 15 is 0 Å². The Bertz CT molecular complexity index is 733. The van der Waals surface area contributed by atoms with E-state index in [0.29, 0.717) is 21.4 Å². The number of nitrogen functional groups attached to an aromatic ring is 1. The number of sulfonamides is 1. The zero-order valence-electron chi connectivity index (χ0n) is 10.4. The van der Waals surface area contributed by atoms with Gasteiger partial charge in [-0.05, 0) is 29.8 Å². The molecule has 0 aliphatic carbocycles. The highest BCUT2D eigenvalue weighted by Crippen LogP contribution is 2.31. The number of rotatable bonds is 4. The van der Waals surface area contributed by atoms with Gasteiger partial charge >= 0.3 is 0 Å². The first-order valence-electron chi connectivity index (χ1n) is 5.66. The van der Waals surface area contributed by atoms with Crippen LogP contribution in [0.25, 0.3) is 0 Å². The first-order chi connectivity index (χ1) is 9.38. The molecule has 0 aliphatic rings. The first-order valence-corrected chi connectivity index (χ1v) is 8.57. The highest BCUT2D eigenvalue weighted by Gasteiger charge is 2.15. The van der Waals surface area contributed by atoms with Crippen LogP contribution in [0, 0.1) is 0 Å². The Labute approximate surface area is 127 Å². The van der Waals surface area contributed by atoms with Crippen LogP contribution < -0.4 is 10.9 Å². The Morgan fingerprint density at radius 2 is 1.85 bits per heavy atom. The largest absolute Gasteiger partial charge is 0.399 e. The molecule has 0 radical (unpaired) electrons. The summed E-state index contributed by atoms with van der Waals surface area (Å²) in [6, 6.07) is 12.1. The van der Waals surface area contributed by atoms with Crippen LogP contribution in [0.3, 0.4) is 0 Å². The lowest BCUT2D eigenvalue weighted by Gasteiger charge is -2.09. The van der Waals surface area contributed by atoms with Crippen molar-refractivity contribution >= 4 is 39.1 Å². The second kappa shape index (κ2) is 6.05. The third kappa shape index (κ3) is 3.67. The minimum absolute atomic E-state index is 0.0366. The summed E-state index contributed by atoms with van der Waals surface area (Å²) >= 11 is 7.42. The van der Waals surface area contributed by atoms with E-state index in [1.54, 1.807) is 18.2 Å². The van der Waals surface area contributed by atoms with Gasteiger partial charge in [-0.3, -0.25) is 0 Å². The van der Waals surface area contributed by atoms with Crippen molar-refractivity contribution in [2.24, 2.45) is 5.14 Å². The molecule has 0 amide bonds. The molecule has 0 aliphatic heterocycles. The summed E-state index contributed by atoms with van der Waals surface area (Å²) in [5.74, 6) is 0.548. The summed E-state index contributed by atoms with van der Waals surface area (Å²) in [5.41, 5.74) is 6.89. The van der Waals surface area contributed by atoms with Gasteiger partial charge in [0.15, 0.2) is 0 Å². The van der Waals surface area contributed by atoms with Crippen molar-refractivity contribution in [3.63, 3.8) is 0 Å². The van der Waals surface area contributed by atoms with Gasteiger partial charge in [0.2, 0.25) is 10.0 Å². The maximum absolute atomic E-state index is 11.6. The second-order valence-electron chi connectivity index (χ2n) is 4.13. The molecule has 0 heterocycles. The minimum Gasteiger partial charge on any atom is -0.399 e. The molecule has 2 rings (SSSR count). The highest BCUT2D eigenvalue weighted by molar-refractivity contribution is 7.99. The van der Waals surface area contributed by atoms with Gasteiger partial charge in [-0.2, -0.15) is 0 Å². The van der Waals surface area contributed by atoms with Gasteiger partial charge in [0.25, 0.3) is 0 Å². The SMILES string of the molecule is Nc1ccc(SCc2ccccc2Cl)c(S(N)(=O)=O)c1. The fourth-order valence-electron chi connectivity index (χ4n) is 1.64. The van der Waals surface area contributed by atoms with Crippen molar-refractivity contribution in [3.05, 3.63) is 53.1 Å². The van der Waals surface area contributed by atoms with Crippen LogP contribution in [-0.4, -0.2) is 8.42 Å². The lowest BCUT2D eigenvalue weighted by Crippen LogP contribution is -2.13. The zero-order valence-corrected chi connectivity index (χ0v) is 12.8. The van der Waals surface area contributed by atoms with Crippen LogP contribution in [0.2, 0.25) is 5.02 Å². The number of thioether (sulfide) groups is 1. The van der Waals surface area contributed by atoms with E-state index in [1.165, 1.54) is 17.8 Å². The number of anilines is 1. The van der Waals surface area contributed by atoms with E-state index in [-0.39, 0.29) is 4.90 Å². The van der Waals surface area contributed by atoms with E-state index < -0.39 is 10.0 Å². The first kappa shape index (κ1) is 15.2. The number of halogens is 1. The Morgan fingerprint density at radius 3 is 2.50 bits per heavy atom. The van der Waals surface area contributed by atoms with Crippen molar-refractivity contribution in [2.75, 3.05) is 5.73 Å². The van der Waals surface area contributed by atoms with Gasteiger partial charge in [0, 0.05) is 21.4 Å². The molecule has 2 aromatic carbocycles. The van der Waals surface area contributed by atoms with E-state index in [2.05, 4.69) is 0 Å². The van der Waals surface area contributed by atoms with Crippen molar-refractivity contribution in [1.29, 1.82) is 0 Å².